The van der Waals surface area contributed by atoms with Gasteiger partial charge < -0.3 is 29.4 Å². The lowest BCUT2D eigenvalue weighted by Gasteiger charge is -2.17. The highest BCUT2D eigenvalue weighted by molar-refractivity contribution is 9.10. The number of hydrogen-bond acceptors (Lipinski definition) is 8. The van der Waals surface area contributed by atoms with Crippen molar-refractivity contribution in [3.05, 3.63) is 59.7 Å². The van der Waals surface area contributed by atoms with Crippen molar-refractivity contribution in [3.8, 4) is 17.3 Å². The molecule has 1 saturated heterocycles. The molecule has 1 aliphatic heterocycles. The van der Waals surface area contributed by atoms with Crippen molar-refractivity contribution in [1.29, 1.82) is 0 Å². The zero-order valence-electron chi connectivity index (χ0n) is 19.0. The van der Waals surface area contributed by atoms with Gasteiger partial charge in [0.15, 0.2) is 18.2 Å². The van der Waals surface area contributed by atoms with Crippen molar-refractivity contribution >= 4 is 43.7 Å². The summed E-state index contributed by atoms with van der Waals surface area (Å²) in [6, 6.07) is 9.36. The van der Waals surface area contributed by atoms with Gasteiger partial charge in [-0.05, 0) is 34.1 Å². The highest BCUT2D eigenvalue weighted by atomic mass is 79.9. The Morgan fingerprint density at radius 3 is 2.86 bits per heavy atom. The number of hydrogen-bond donors (Lipinski definition) is 2. The van der Waals surface area contributed by atoms with Gasteiger partial charge in [-0.2, -0.15) is 0 Å². The van der Waals surface area contributed by atoms with Gasteiger partial charge in [0.1, 0.15) is 48.1 Å². The van der Waals surface area contributed by atoms with E-state index in [-0.39, 0.29) is 12.4 Å². The third-order valence-electron chi connectivity index (χ3n) is 6.29. The first-order valence-electron chi connectivity index (χ1n) is 11.2. The Hall–Kier alpha value is -3.61. The number of fused-ring (bicyclic) bond motifs is 2. The highest BCUT2D eigenvalue weighted by Gasteiger charge is 2.46. The van der Waals surface area contributed by atoms with Crippen LogP contribution in [0.5, 0.6) is 5.75 Å². The number of nitrogen functional groups attached to an aromatic ring is 1. The summed E-state index contributed by atoms with van der Waals surface area (Å²) in [4.78, 5) is 17.2. The molecule has 0 radical (unpaired) electrons. The summed E-state index contributed by atoms with van der Waals surface area (Å²) in [6.45, 7) is -0.0554. The van der Waals surface area contributed by atoms with E-state index >= 15 is 4.39 Å². The summed E-state index contributed by atoms with van der Waals surface area (Å²) in [5.41, 5.74) is 7.81. The molecule has 6 rings (SSSR count). The molecule has 3 N–H and O–H groups in total. The zero-order chi connectivity index (χ0) is 25.0. The number of aliphatic hydroxyl groups excluding tert-OH is 1. The lowest BCUT2D eigenvalue weighted by molar-refractivity contribution is -0.0411. The number of aryl methyl sites for hydroxylation is 1. The summed E-state index contributed by atoms with van der Waals surface area (Å²) in [5.74, 6) is 1.54. The molecule has 36 heavy (non-hydrogen) atoms. The number of aromatic nitrogens is 6. The molecule has 10 nitrogen and oxygen atoms in total. The molecule has 0 amide bonds. The molecule has 184 valence electrons. The van der Waals surface area contributed by atoms with E-state index < -0.39 is 24.6 Å². The topological polar surface area (TPSA) is 126 Å². The molecule has 0 aliphatic carbocycles. The Labute approximate surface area is 212 Å². The predicted molar refractivity (Wildman–Crippen MR) is 134 cm³/mol. The van der Waals surface area contributed by atoms with E-state index in [4.69, 9.17) is 20.2 Å². The van der Waals surface area contributed by atoms with Crippen molar-refractivity contribution in [2.24, 2.45) is 7.05 Å². The van der Waals surface area contributed by atoms with E-state index in [1.54, 1.807) is 24.5 Å². The van der Waals surface area contributed by atoms with E-state index in [0.29, 0.717) is 21.3 Å². The van der Waals surface area contributed by atoms with Gasteiger partial charge in [-0.3, -0.25) is 0 Å². The maximum atomic E-state index is 15.1. The van der Waals surface area contributed by atoms with E-state index in [2.05, 4.69) is 30.9 Å². The average molecular weight is 554 g/mol. The summed E-state index contributed by atoms with van der Waals surface area (Å²) in [5, 5.41) is 12.0. The number of ether oxygens (including phenoxy) is 2. The highest BCUT2D eigenvalue weighted by Crippen LogP contribution is 2.38. The van der Waals surface area contributed by atoms with Crippen LogP contribution in [-0.2, 0) is 11.8 Å². The van der Waals surface area contributed by atoms with Crippen LogP contribution in [0.2, 0.25) is 0 Å². The number of nitrogens with zero attached hydrogens (tertiary/aromatic N) is 6. The second kappa shape index (κ2) is 8.80. The lowest BCUT2D eigenvalue weighted by Crippen LogP contribution is -2.32. The second-order valence-corrected chi connectivity index (χ2v) is 9.42. The standard InChI is InChI=1S/C24H21BrFN7O3/c1-32-7-6-28-22(32)15-5-3-12-2-4-13(8-16(12)31-15)35-10-17-20(34)19(26)24(36-17)33-9-14(25)18-21(27)29-11-30-23(18)33/h2-9,11,17,19-20,24,34H,10H2,1H3,(H2,27,29,30)/t17-,19+,20-,24-/m1/s1. The van der Waals surface area contributed by atoms with Gasteiger partial charge in [0.2, 0.25) is 0 Å². The third-order valence-corrected chi connectivity index (χ3v) is 6.89. The number of alkyl halides is 1. The fourth-order valence-corrected chi connectivity index (χ4v) is 5.02. The van der Waals surface area contributed by atoms with Crippen LogP contribution in [0.25, 0.3) is 33.5 Å². The molecule has 5 heterocycles. The van der Waals surface area contributed by atoms with E-state index in [0.717, 1.165) is 22.4 Å². The normalized spacial score (nSPS) is 22.0. The number of anilines is 1. The smallest absolute Gasteiger partial charge is 0.173 e. The minimum Gasteiger partial charge on any atom is -0.491 e. The van der Waals surface area contributed by atoms with Gasteiger partial charge in [-0.1, -0.05) is 6.07 Å². The zero-order valence-corrected chi connectivity index (χ0v) is 20.6. The first-order valence-corrected chi connectivity index (χ1v) is 12.0. The number of imidazole rings is 1. The van der Waals surface area contributed by atoms with Crippen molar-refractivity contribution in [2.45, 2.75) is 24.6 Å². The minimum absolute atomic E-state index is 0.0554. The Kier molecular flexibility index (Phi) is 5.58. The summed E-state index contributed by atoms with van der Waals surface area (Å²) in [6.07, 6.45) is 1.41. The fourth-order valence-electron chi connectivity index (χ4n) is 4.42. The number of halogens is 2. The Balaban J connectivity index is 1.21. The molecule has 4 atom stereocenters. The molecular formula is C24H21BrFN7O3. The van der Waals surface area contributed by atoms with Gasteiger partial charge in [-0.15, -0.1) is 0 Å². The number of rotatable bonds is 5. The molecule has 1 aromatic carbocycles. The van der Waals surface area contributed by atoms with Crippen molar-refractivity contribution in [1.82, 2.24) is 29.1 Å². The lowest BCUT2D eigenvalue weighted by atomic mass is 10.1. The maximum absolute atomic E-state index is 15.1. The fraction of sp³-hybridized carbons (Fsp3) is 0.250. The SMILES string of the molecule is Cn1ccnc1-c1ccc2ccc(OC[C@H]3O[C@@H](n4cc(Br)c5c(N)ncnc54)[C@@H](F)[C@@H]3O)cc2n1. The second-order valence-electron chi connectivity index (χ2n) is 8.57. The Bertz CT molecular complexity index is 1590. The Morgan fingerprint density at radius 1 is 1.22 bits per heavy atom. The van der Waals surface area contributed by atoms with E-state index in [9.17, 15) is 5.11 Å². The first-order chi connectivity index (χ1) is 17.4. The monoisotopic (exact) mass is 553 g/mol. The third kappa shape index (κ3) is 3.77. The average Bonchev–Trinajstić information content (AvgIpc) is 3.54. The number of pyridine rings is 1. The summed E-state index contributed by atoms with van der Waals surface area (Å²) in [7, 11) is 1.91. The minimum atomic E-state index is -1.70. The maximum Gasteiger partial charge on any atom is 0.173 e. The van der Waals surface area contributed by atoms with Crippen LogP contribution < -0.4 is 10.5 Å². The van der Waals surface area contributed by atoms with Crippen LogP contribution in [0.3, 0.4) is 0 Å². The number of benzene rings is 1. The molecule has 0 unspecified atom stereocenters. The van der Waals surface area contributed by atoms with Gasteiger partial charge in [-0.25, -0.2) is 24.3 Å². The summed E-state index contributed by atoms with van der Waals surface area (Å²) < 4.78 is 30.9. The van der Waals surface area contributed by atoms with Crippen LogP contribution in [0.15, 0.2) is 59.7 Å². The molecule has 0 bridgehead atoms. The number of aliphatic hydroxyl groups is 1. The van der Waals surface area contributed by atoms with Crippen LogP contribution in [-0.4, -0.2) is 59.2 Å². The van der Waals surface area contributed by atoms with Crippen LogP contribution >= 0.6 is 15.9 Å². The van der Waals surface area contributed by atoms with Crippen LogP contribution in [0, 0.1) is 0 Å². The van der Waals surface area contributed by atoms with Crippen LogP contribution in [0.1, 0.15) is 6.23 Å². The largest absolute Gasteiger partial charge is 0.491 e. The van der Waals surface area contributed by atoms with Gasteiger partial charge in [0.25, 0.3) is 0 Å². The molecule has 12 heteroatoms. The quantitative estimate of drug-likeness (QED) is 0.339. The van der Waals surface area contributed by atoms with Crippen molar-refractivity contribution < 1.29 is 19.0 Å². The first kappa shape index (κ1) is 22.8. The van der Waals surface area contributed by atoms with Crippen molar-refractivity contribution in [3.63, 3.8) is 0 Å². The Morgan fingerprint density at radius 2 is 2.06 bits per heavy atom. The van der Waals surface area contributed by atoms with Gasteiger partial charge in [0.05, 0.1) is 10.9 Å². The molecule has 0 saturated carbocycles. The molecular weight excluding hydrogens is 533 g/mol. The van der Waals surface area contributed by atoms with Crippen molar-refractivity contribution in [2.75, 3.05) is 12.3 Å². The molecule has 4 aromatic heterocycles. The molecule has 1 fully saturated rings. The molecule has 0 spiro atoms. The van der Waals surface area contributed by atoms with Gasteiger partial charge in [0, 0.05) is 41.6 Å². The van der Waals surface area contributed by atoms with Gasteiger partial charge >= 0.3 is 0 Å². The van der Waals surface area contributed by atoms with E-state index in [1.807, 2.05) is 36.0 Å². The molecule has 1 aliphatic rings. The summed E-state index contributed by atoms with van der Waals surface area (Å²) >= 11 is 3.41. The molecule has 5 aromatic rings. The van der Waals surface area contributed by atoms with Crippen LogP contribution in [0.4, 0.5) is 10.2 Å². The number of nitrogens with two attached hydrogens (primary N) is 1. The van der Waals surface area contributed by atoms with E-state index in [1.165, 1.54) is 10.9 Å². The predicted octanol–water partition coefficient (Wildman–Crippen LogP) is 3.40.